The van der Waals surface area contributed by atoms with E-state index in [4.69, 9.17) is 4.74 Å². The Hall–Kier alpha value is -2.49. The summed E-state index contributed by atoms with van der Waals surface area (Å²) in [6.45, 7) is 6.17. The summed E-state index contributed by atoms with van der Waals surface area (Å²) in [5, 5.41) is 8.79. The quantitative estimate of drug-likeness (QED) is 0.451. The van der Waals surface area contributed by atoms with Crippen LogP contribution in [0.2, 0.25) is 0 Å². The topological polar surface area (TPSA) is 75.6 Å². The van der Waals surface area contributed by atoms with Gasteiger partial charge in [0.15, 0.2) is 5.82 Å². The molecule has 0 radical (unpaired) electrons. The first-order valence-electron chi connectivity index (χ1n) is 11.0. The maximum Gasteiger partial charge on any atom is 0.246 e. The zero-order valence-corrected chi connectivity index (χ0v) is 21.1. The second-order valence-electron chi connectivity index (χ2n) is 7.74. The zero-order valence-electron chi connectivity index (χ0n) is 18.7. The summed E-state index contributed by atoms with van der Waals surface area (Å²) in [7, 11) is -3.68. The molecule has 0 saturated carbocycles. The molecule has 0 N–H and O–H groups in total. The maximum absolute atomic E-state index is 13.3. The lowest BCUT2D eigenvalue weighted by Gasteiger charge is -2.34. The smallest absolute Gasteiger partial charge is 0.246 e. The van der Waals surface area contributed by atoms with Crippen LogP contribution in [0.5, 0.6) is 5.75 Å². The third-order valence-electron chi connectivity index (χ3n) is 5.69. The van der Waals surface area contributed by atoms with Gasteiger partial charge >= 0.3 is 0 Å². The Balaban J connectivity index is 1.45. The molecule has 0 amide bonds. The van der Waals surface area contributed by atoms with Crippen molar-refractivity contribution in [3.05, 3.63) is 64.6 Å². The fourth-order valence-electron chi connectivity index (χ4n) is 3.81. The van der Waals surface area contributed by atoms with Crippen molar-refractivity contribution >= 4 is 31.8 Å². The highest BCUT2D eigenvalue weighted by atomic mass is 79.9. The molecule has 0 atom stereocenters. The van der Waals surface area contributed by atoms with E-state index in [1.807, 2.05) is 19.1 Å². The Morgan fingerprint density at radius 1 is 0.939 bits per heavy atom. The van der Waals surface area contributed by atoms with Crippen molar-refractivity contribution < 1.29 is 13.2 Å². The van der Waals surface area contributed by atoms with E-state index in [1.165, 1.54) is 9.87 Å². The molecule has 1 aliphatic heterocycles. The molecule has 9 heteroatoms. The van der Waals surface area contributed by atoms with Gasteiger partial charge in [-0.05, 0) is 49.2 Å². The van der Waals surface area contributed by atoms with Gasteiger partial charge in [0.05, 0.1) is 12.3 Å². The fraction of sp³-hybridized carbons (Fsp3) is 0.333. The van der Waals surface area contributed by atoms with E-state index in [-0.39, 0.29) is 4.90 Å². The van der Waals surface area contributed by atoms with E-state index in [2.05, 4.69) is 62.2 Å². The van der Waals surface area contributed by atoms with Crippen LogP contribution in [-0.4, -0.2) is 55.7 Å². The van der Waals surface area contributed by atoms with Crippen molar-refractivity contribution in [2.24, 2.45) is 0 Å². The summed E-state index contributed by atoms with van der Waals surface area (Å²) in [6.07, 6.45) is 1.00. The molecule has 1 aromatic heterocycles. The van der Waals surface area contributed by atoms with Gasteiger partial charge in [0.1, 0.15) is 10.6 Å². The second-order valence-corrected chi connectivity index (χ2v) is 10.6. The molecular weight excluding hydrogens is 504 g/mol. The SMILES string of the molecule is CCOc1ccc(Br)cc1S(=O)(=O)N1CCN(c2ccc(-c3ccc(CC)cc3)nn2)CC1. The van der Waals surface area contributed by atoms with Crippen LogP contribution in [0.4, 0.5) is 5.82 Å². The van der Waals surface area contributed by atoms with Gasteiger partial charge in [-0.3, -0.25) is 0 Å². The van der Waals surface area contributed by atoms with Crippen molar-refractivity contribution in [3.63, 3.8) is 0 Å². The number of aromatic nitrogens is 2. The standard InChI is InChI=1S/C24H27BrN4O3S/c1-3-18-5-7-19(8-6-18)21-10-12-24(27-26-21)28-13-15-29(16-14-28)33(30,31)23-17-20(25)9-11-22(23)32-4-2/h5-12,17H,3-4,13-16H2,1-2H3. The molecule has 1 fully saturated rings. The van der Waals surface area contributed by atoms with E-state index in [1.54, 1.807) is 18.2 Å². The molecule has 174 valence electrons. The Morgan fingerprint density at radius 2 is 1.67 bits per heavy atom. The monoisotopic (exact) mass is 530 g/mol. The van der Waals surface area contributed by atoms with Gasteiger partial charge in [0.2, 0.25) is 10.0 Å². The molecule has 33 heavy (non-hydrogen) atoms. The molecule has 0 aliphatic carbocycles. The highest BCUT2D eigenvalue weighted by Gasteiger charge is 2.31. The minimum absolute atomic E-state index is 0.186. The highest BCUT2D eigenvalue weighted by molar-refractivity contribution is 9.10. The molecule has 1 saturated heterocycles. The van der Waals surface area contributed by atoms with E-state index < -0.39 is 10.0 Å². The highest BCUT2D eigenvalue weighted by Crippen LogP contribution is 2.31. The van der Waals surface area contributed by atoms with Gasteiger partial charge in [0, 0.05) is 36.2 Å². The summed E-state index contributed by atoms with van der Waals surface area (Å²) in [5.41, 5.74) is 3.13. The van der Waals surface area contributed by atoms with Gasteiger partial charge in [0.25, 0.3) is 0 Å². The number of sulfonamides is 1. The van der Waals surface area contributed by atoms with Gasteiger partial charge < -0.3 is 9.64 Å². The summed E-state index contributed by atoms with van der Waals surface area (Å²) in [4.78, 5) is 2.25. The van der Waals surface area contributed by atoms with Gasteiger partial charge in [-0.2, -0.15) is 4.31 Å². The molecule has 2 aromatic carbocycles. The molecule has 2 heterocycles. The fourth-order valence-corrected chi connectivity index (χ4v) is 5.91. The number of rotatable bonds is 7. The Kier molecular flexibility index (Phi) is 7.31. The average Bonchev–Trinajstić information content (AvgIpc) is 2.85. The molecule has 4 rings (SSSR count). The van der Waals surface area contributed by atoms with Gasteiger partial charge in [-0.15, -0.1) is 10.2 Å². The Morgan fingerprint density at radius 3 is 2.27 bits per heavy atom. The van der Waals surface area contributed by atoms with Crippen LogP contribution >= 0.6 is 15.9 Å². The lowest BCUT2D eigenvalue weighted by Crippen LogP contribution is -2.49. The van der Waals surface area contributed by atoms with Crippen molar-refractivity contribution in [1.82, 2.24) is 14.5 Å². The first-order valence-corrected chi connectivity index (χ1v) is 13.3. The third-order valence-corrected chi connectivity index (χ3v) is 8.11. The number of aryl methyl sites for hydroxylation is 1. The molecule has 3 aromatic rings. The number of anilines is 1. The predicted octanol–water partition coefficient (Wildman–Crippen LogP) is 4.38. The van der Waals surface area contributed by atoms with Gasteiger partial charge in [-0.1, -0.05) is 47.1 Å². The largest absolute Gasteiger partial charge is 0.492 e. The molecule has 1 aliphatic rings. The first kappa shape index (κ1) is 23.7. The number of nitrogens with zero attached hydrogens (tertiary/aromatic N) is 4. The molecule has 0 unspecified atom stereocenters. The molecule has 7 nitrogen and oxygen atoms in total. The van der Waals surface area contributed by atoms with Crippen LogP contribution in [0.15, 0.2) is 64.0 Å². The number of hydrogen-bond donors (Lipinski definition) is 0. The Labute approximate surface area is 203 Å². The molecule has 0 bridgehead atoms. The normalized spacial score (nSPS) is 14.9. The predicted molar refractivity (Wildman–Crippen MR) is 133 cm³/mol. The second kappa shape index (κ2) is 10.2. The van der Waals surface area contributed by atoms with E-state index in [0.29, 0.717) is 43.0 Å². The summed E-state index contributed by atoms with van der Waals surface area (Å²) in [6, 6.07) is 17.3. The number of hydrogen-bond acceptors (Lipinski definition) is 6. The van der Waals surface area contributed by atoms with Crippen LogP contribution in [0.3, 0.4) is 0 Å². The average molecular weight is 531 g/mol. The minimum Gasteiger partial charge on any atom is -0.492 e. The lowest BCUT2D eigenvalue weighted by atomic mass is 10.1. The van der Waals surface area contributed by atoms with E-state index in [9.17, 15) is 8.42 Å². The van der Waals surface area contributed by atoms with Crippen molar-refractivity contribution in [2.75, 3.05) is 37.7 Å². The summed E-state index contributed by atoms with van der Waals surface area (Å²) in [5.74, 6) is 1.12. The van der Waals surface area contributed by atoms with Crippen LogP contribution in [0.25, 0.3) is 11.3 Å². The van der Waals surface area contributed by atoms with Crippen molar-refractivity contribution in [2.45, 2.75) is 25.2 Å². The van der Waals surface area contributed by atoms with Crippen LogP contribution in [-0.2, 0) is 16.4 Å². The van der Waals surface area contributed by atoms with Crippen LogP contribution in [0.1, 0.15) is 19.4 Å². The number of halogens is 1. The zero-order chi connectivity index (χ0) is 23.4. The number of benzene rings is 2. The van der Waals surface area contributed by atoms with Crippen molar-refractivity contribution in [1.29, 1.82) is 0 Å². The molecular formula is C24H27BrN4O3S. The summed E-state index contributed by atoms with van der Waals surface area (Å²) >= 11 is 3.37. The first-order chi connectivity index (χ1) is 15.9. The van der Waals surface area contributed by atoms with E-state index in [0.717, 1.165) is 23.5 Å². The number of piperazine rings is 1. The molecule has 0 spiro atoms. The van der Waals surface area contributed by atoms with E-state index >= 15 is 0 Å². The third kappa shape index (κ3) is 5.20. The number of ether oxygens (including phenoxy) is 1. The maximum atomic E-state index is 13.3. The Bertz CT molecular complexity index is 1190. The minimum atomic E-state index is -3.68. The van der Waals surface area contributed by atoms with Gasteiger partial charge in [-0.25, -0.2) is 8.42 Å². The summed E-state index contributed by atoms with van der Waals surface area (Å²) < 4.78 is 34.4. The lowest BCUT2D eigenvalue weighted by molar-refractivity contribution is 0.327. The van der Waals surface area contributed by atoms with Crippen LogP contribution in [0, 0.1) is 0 Å². The van der Waals surface area contributed by atoms with Crippen molar-refractivity contribution in [3.8, 4) is 17.0 Å². The van der Waals surface area contributed by atoms with Crippen LogP contribution < -0.4 is 9.64 Å².